The number of rotatable bonds is 12. The van der Waals surface area contributed by atoms with Crippen LogP contribution >= 0.6 is 22.7 Å². The standard InChI is InChI=1S/C91H55N5OS2/c1-3-12-56(13-4-1)64-33-35-68-46-71(40-37-66(68)44-64)82-53-80(93-90(94-82)63-31-21-58(22-32-63)75-17-11-43-92-55-75)59-23-29-62(30-24-59)88-50-74-42-39-70(48-89(74)99-88)77-51-78-76-18-8-9-19-84(76)97-85(78)52-79(77)91-95-81(60-25-27-61(28-26-60)87-49-73-16-7-10-20-86(73)98-87)54-83(96-91)72-41-38-67-45-65(34-36-69(67)47-72)57-14-5-2-6-15-57/h1-55H. The summed E-state index contributed by atoms with van der Waals surface area (Å²) < 4.78 is 9.14. The Morgan fingerprint density at radius 3 is 1.27 bits per heavy atom. The van der Waals surface area contributed by atoms with Crippen LogP contribution in [0.25, 0.3) is 197 Å². The van der Waals surface area contributed by atoms with E-state index < -0.39 is 0 Å². The van der Waals surface area contributed by atoms with Crippen molar-refractivity contribution in [2.45, 2.75) is 0 Å². The van der Waals surface area contributed by atoms with Crippen LogP contribution in [0, 0.1) is 0 Å². The maximum Gasteiger partial charge on any atom is 0.161 e. The van der Waals surface area contributed by atoms with Crippen molar-refractivity contribution in [3.05, 3.63) is 334 Å². The van der Waals surface area contributed by atoms with E-state index in [9.17, 15) is 0 Å². The van der Waals surface area contributed by atoms with Crippen LogP contribution in [0.15, 0.2) is 338 Å². The summed E-state index contributed by atoms with van der Waals surface area (Å²) in [6.45, 7) is 0. The molecule has 0 fully saturated rings. The maximum atomic E-state index is 6.70. The smallest absolute Gasteiger partial charge is 0.161 e. The Kier molecular flexibility index (Phi) is 14.2. The molecule has 0 aliphatic rings. The molecule has 6 aromatic heterocycles. The van der Waals surface area contributed by atoms with Crippen molar-refractivity contribution in [3.8, 4) is 133 Å². The average molecular weight is 1300 g/mol. The van der Waals surface area contributed by atoms with Crippen LogP contribution in [0.3, 0.4) is 0 Å². The molecule has 462 valence electrons. The minimum absolute atomic E-state index is 0.608. The number of hydrogen-bond acceptors (Lipinski definition) is 8. The first-order valence-corrected chi connectivity index (χ1v) is 34.8. The quantitative estimate of drug-likeness (QED) is 0.121. The minimum atomic E-state index is 0.608. The Bertz CT molecular complexity index is 6290. The van der Waals surface area contributed by atoms with Crippen molar-refractivity contribution in [2.75, 3.05) is 0 Å². The molecule has 19 rings (SSSR count). The molecule has 6 nitrogen and oxygen atoms in total. The molecular formula is C91H55N5OS2. The lowest BCUT2D eigenvalue weighted by molar-refractivity contribution is 0.669. The molecule has 0 bridgehead atoms. The van der Waals surface area contributed by atoms with Gasteiger partial charge in [0.2, 0.25) is 0 Å². The number of aromatic nitrogens is 5. The van der Waals surface area contributed by atoms with Crippen molar-refractivity contribution in [1.82, 2.24) is 24.9 Å². The summed E-state index contributed by atoms with van der Waals surface area (Å²) >= 11 is 3.61. The Balaban J connectivity index is 0.694. The van der Waals surface area contributed by atoms with Gasteiger partial charge in [0.25, 0.3) is 0 Å². The predicted molar refractivity (Wildman–Crippen MR) is 414 cm³/mol. The SMILES string of the molecule is c1ccc(-c2ccc3cc(-c4cc(-c5ccc(-c6cc7ccc(-c8cc9c(cc8-c8nc(-c%10ccc(-c%11cc%12ccccc%12s%11)cc%10)cc(-c%10ccc%11cc(-c%12ccccc%12)ccc%11c%10)n8)oc8ccccc89)cc7s6)cc5)nc(-c5ccc(-c6cccnc6)cc5)n4)ccc3c2)cc1. The zero-order valence-electron chi connectivity index (χ0n) is 53.2. The van der Waals surface area contributed by atoms with Gasteiger partial charge in [-0.25, -0.2) is 19.9 Å². The van der Waals surface area contributed by atoms with E-state index in [0.29, 0.717) is 11.6 Å². The number of benzene rings is 13. The zero-order chi connectivity index (χ0) is 65.3. The molecule has 19 aromatic rings. The van der Waals surface area contributed by atoms with Crippen molar-refractivity contribution < 1.29 is 4.42 Å². The molecule has 0 spiro atoms. The molecule has 0 aliphatic carbocycles. The lowest BCUT2D eigenvalue weighted by Gasteiger charge is -2.14. The van der Waals surface area contributed by atoms with Crippen molar-refractivity contribution >= 4 is 86.3 Å². The molecule has 99 heavy (non-hydrogen) atoms. The number of furan rings is 1. The number of para-hydroxylation sites is 1. The molecule has 0 amide bonds. The van der Waals surface area contributed by atoms with Gasteiger partial charge in [-0.1, -0.05) is 237 Å². The van der Waals surface area contributed by atoms with Crippen LogP contribution in [0.5, 0.6) is 0 Å². The maximum absolute atomic E-state index is 6.70. The number of hydrogen-bond donors (Lipinski definition) is 0. The summed E-state index contributed by atoms with van der Waals surface area (Å²) in [7, 11) is 0. The van der Waals surface area contributed by atoms with E-state index >= 15 is 0 Å². The van der Waals surface area contributed by atoms with E-state index in [2.05, 4.69) is 308 Å². The molecule has 0 atom stereocenters. The van der Waals surface area contributed by atoms with Crippen LogP contribution in [-0.2, 0) is 0 Å². The largest absolute Gasteiger partial charge is 0.456 e. The number of fused-ring (bicyclic) bond motifs is 7. The molecule has 0 unspecified atom stereocenters. The lowest BCUT2D eigenvalue weighted by Crippen LogP contribution is -1.98. The van der Waals surface area contributed by atoms with Crippen LogP contribution in [-0.4, -0.2) is 24.9 Å². The van der Waals surface area contributed by atoms with Crippen molar-refractivity contribution in [3.63, 3.8) is 0 Å². The number of pyridine rings is 1. The first-order valence-electron chi connectivity index (χ1n) is 33.1. The molecule has 0 aliphatic heterocycles. The molecule has 0 saturated heterocycles. The molecule has 8 heteroatoms. The minimum Gasteiger partial charge on any atom is -0.456 e. The van der Waals surface area contributed by atoms with Gasteiger partial charge >= 0.3 is 0 Å². The highest BCUT2D eigenvalue weighted by Crippen LogP contribution is 2.44. The fraction of sp³-hybridized carbons (Fsp3) is 0. The van der Waals surface area contributed by atoms with Crippen LogP contribution in [0.2, 0.25) is 0 Å². The monoisotopic (exact) mass is 1300 g/mol. The van der Waals surface area contributed by atoms with Gasteiger partial charge in [0.1, 0.15) is 11.2 Å². The average Bonchev–Trinajstić information content (AvgIpc) is 1.28. The van der Waals surface area contributed by atoms with Gasteiger partial charge in [-0.3, -0.25) is 4.98 Å². The van der Waals surface area contributed by atoms with E-state index in [4.69, 9.17) is 24.4 Å². The lowest BCUT2D eigenvalue weighted by atomic mass is 9.95. The molecule has 0 saturated carbocycles. The zero-order valence-corrected chi connectivity index (χ0v) is 54.8. The third-order valence-electron chi connectivity index (χ3n) is 19.0. The predicted octanol–water partition coefficient (Wildman–Crippen LogP) is 25.3. The van der Waals surface area contributed by atoms with Gasteiger partial charge in [-0.15, -0.1) is 22.7 Å². The Morgan fingerprint density at radius 2 is 0.677 bits per heavy atom. The second-order valence-corrected chi connectivity index (χ2v) is 27.4. The van der Waals surface area contributed by atoms with Gasteiger partial charge in [0, 0.05) is 75.7 Å². The number of nitrogens with zero attached hydrogens (tertiary/aromatic N) is 5. The summed E-state index contributed by atoms with van der Waals surface area (Å²) in [6.07, 6.45) is 3.69. The van der Waals surface area contributed by atoms with Crippen LogP contribution in [0.1, 0.15) is 0 Å². The highest BCUT2D eigenvalue weighted by molar-refractivity contribution is 7.22. The van der Waals surface area contributed by atoms with Gasteiger partial charge in [-0.05, 0) is 173 Å². The van der Waals surface area contributed by atoms with E-state index in [-0.39, 0.29) is 0 Å². The molecule has 0 N–H and O–H groups in total. The van der Waals surface area contributed by atoms with E-state index in [1.807, 2.05) is 35.7 Å². The second-order valence-electron chi connectivity index (χ2n) is 25.2. The third kappa shape index (κ3) is 11.0. The molecule has 0 radical (unpaired) electrons. The third-order valence-corrected chi connectivity index (χ3v) is 21.3. The summed E-state index contributed by atoms with van der Waals surface area (Å²) in [6, 6.07) is 115. The van der Waals surface area contributed by atoms with Crippen LogP contribution < -0.4 is 0 Å². The Labute approximate surface area is 578 Å². The fourth-order valence-corrected chi connectivity index (χ4v) is 16.0. The fourth-order valence-electron chi connectivity index (χ4n) is 13.8. The molecule has 6 heterocycles. The second kappa shape index (κ2) is 24.3. The van der Waals surface area contributed by atoms with E-state index in [0.717, 1.165) is 127 Å². The Morgan fingerprint density at radius 1 is 0.232 bits per heavy atom. The van der Waals surface area contributed by atoms with Gasteiger partial charge in [-0.2, -0.15) is 0 Å². The summed E-state index contributed by atoms with van der Waals surface area (Å²) in [4.78, 5) is 28.4. The molecule has 13 aromatic carbocycles. The van der Waals surface area contributed by atoms with Gasteiger partial charge < -0.3 is 4.42 Å². The molecular weight excluding hydrogens is 1240 g/mol. The van der Waals surface area contributed by atoms with Crippen molar-refractivity contribution in [1.29, 1.82) is 0 Å². The van der Waals surface area contributed by atoms with Gasteiger partial charge in [0.05, 0.1) is 22.8 Å². The summed E-state index contributed by atoms with van der Waals surface area (Å²) in [5, 5.41) is 9.12. The first-order chi connectivity index (χ1) is 48.9. The highest BCUT2D eigenvalue weighted by Gasteiger charge is 2.21. The van der Waals surface area contributed by atoms with Gasteiger partial charge in [0.15, 0.2) is 11.6 Å². The Hall–Kier alpha value is -12.6. The topological polar surface area (TPSA) is 77.6 Å². The summed E-state index contributed by atoms with van der Waals surface area (Å²) in [5.41, 5.74) is 22.0. The highest BCUT2D eigenvalue weighted by atomic mass is 32.1. The van der Waals surface area contributed by atoms with Crippen molar-refractivity contribution in [2.24, 2.45) is 0 Å². The van der Waals surface area contributed by atoms with E-state index in [1.165, 1.54) is 57.7 Å². The summed E-state index contributed by atoms with van der Waals surface area (Å²) in [5.74, 6) is 1.26. The first kappa shape index (κ1) is 57.8. The van der Waals surface area contributed by atoms with Crippen LogP contribution in [0.4, 0.5) is 0 Å². The van der Waals surface area contributed by atoms with E-state index in [1.54, 1.807) is 17.5 Å². The normalized spacial score (nSPS) is 11.6. The number of thiophene rings is 2.